The number of thiophene rings is 1. The summed E-state index contributed by atoms with van der Waals surface area (Å²) in [5, 5.41) is 25.0. The number of hydrogen-bond donors (Lipinski definition) is 2. The smallest absolute Gasteiger partial charge is 0.414 e. The van der Waals surface area contributed by atoms with E-state index in [2.05, 4.69) is 30.0 Å². The largest absolute Gasteiger partial charge is 0.473 e. The number of carboxylic acids is 2. The topological polar surface area (TPSA) is 102 Å². The number of hydrogen-bond acceptors (Lipinski definition) is 5. The average Bonchev–Trinajstić information content (AvgIpc) is 3.05. The summed E-state index contributed by atoms with van der Waals surface area (Å²) in [4.78, 5) is 22.2. The lowest BCUT2D eigenvalue weighted by atomic mass is 9.95. The molecule has 6 nitrogen and oxygen atoms in total. The van der Waals surface area contributed by atoms with E-state index in [1.165, 1.54) is 47.4 Å². The van der Waals surface area contributed by atoms with E-state index < -0.39 is 11.9 Å². The summed E-state index contributed by atoms with van der Waals surface area (Å²) >= 11 is 1.87. The Morgan fingerprint density at radius 2 is 1.88 bits per heavy atom. The number of benzene rings is 1. The number of rotatable bonds is 2. The van der Waals surface area contributed by atoms with Gasteiger partial charge in [-0.05, 0) is 62.0 Å². The lowest BCUT2D eigenvalue weighted by Crippen LogP contribution is -2.32. The zero-order chi connectivity index (χ0) is 18.4. The molecule has 0 radical (unpaired) electrons. The van der Waals surface area contributed by atoms with Crippen LogP contribution in [0.1, 0.15) is 36.1 Å². The molecule has 0 saturated carbocycles. The van der Waals surface area contributed by atoms with Crippen LogP contribution in [0.2, 0.25) is 0 Å². The minimum Gasteiger partial charge on any atom is -0.473 e. The summed E-state index contributed by atoms with van der Waals surface area (Å²) < 4.78 is 1.26. The van der Waals surface area contributed by atoms with Gasteiger partial charge in [0.1, 0.15) is 0 Å². The van der Waals surface area contributed by atoms with Gasteiger partial charge in [-0.2, -0.15) is 5.26 Å². The van der Waals surface area contributed by atoms with E-state index in [0.717, 1.165) is 5.56 Å². The SMILES string of the molecule is CCN1CCC(c2cc3ccc(C#N)cc3s2)CC1.O=C(O)C(=O)O. The van der Waals surface area contributed by atoms with Crippen LogP contribution < -0.4 is 0 Å². The Labute approximate surface area is 149 Å². The quantitative estimate of drug-likeness (QED) is 0.798. The molecule has 2 N–H and O–H groups in total. The van der Waals surface area contributed by atoms with Crippen molar-refractivity contribution in [1.29, 1.82) is 5.26 Å². The van der Waals surface area contributed by atoms with Gasteiger partial charge in [0.05, 0.1) is 11.6 Å². The predicted octanol–water partition coefficient (Wildman–Crippen LogP) is 3.13. The van der Waals surface area contributed by atoms with Crippen molar-refractivity contribution < 1.29 is 19.8 Å². The standard InChI is InChI=1S/C16H18N2S.C2H2O4/c1-2-18-7-5-13(6-8-18)16-10-14-4-3-12(11-17)9-15(14)19-16;3-1(4)2(5)6/h3-4,9-10,13H,2,5-8H2,1H3;(H,3,4)(H,5,6). The molecule has 2 heterocycles. The van der Waals surface area contributed by atoms with Gasteiger partial charge in [0.15, 0.2) is 0 Å². The van der Waals surface area contributed by atoms with Gasteiger partial charge in [-0.15, -0.1) is 11.3 Å². The first kappa shape index (κ1) is 18.9. The highest BCUT2D eigenvalue weighted by Crippen LogP contribution is 2.36. The summed E-state index contributed by atoms with van der Waals surface area (Å²) in [6, 6.07) is 10.6. The molecule has 1 aromatic carbocycles. The van der Waals surface area contributed by atoms with Crippen molar-refractivity contribution in [3.8, 4) is 6.07 Å². The lowest BCUT2D eigenvalue weighted by Gasteiger charge is -2.30. The van der Waals surface area contributed by atoms with E-state index in [-0.39, 0.29) is 0 Å². The summed E-state index contributed by atoms with van der Waals surface area (Å²) in [6.45, 7) is 5.85. The number of carbonyl (C=O) groups is 2. The fourth-order valence-corrected chi connectivity index (χ4v) is 4.13. The molecule has 0 bridgehead atoms. The first-order valence-corrected chi connectivity index (χ1v) is 8.88. The van der Waals surface area contributed by atoms with Gasteiger partial charge < -0.3 is 15.1 Å². The summed E-state index contributed by atoms with van der Waals surface area (Å²) in [7, 11) is 0. The third-order valence-electron chi connectivity index (χ3n) is 4.29. The van der Waals surface area contributed by atoms with Crippen molar-refractivity contribution in [2.75, 3.05) is 19.6 Å². The van der Waals surface area contributed by atoms with Crippen molar-refractivity contribution in [3.05, 3.63) is 34.7 Å². The molecular formula is C18H20N2O4S. The van der Waals surface area contributed by atoms with Gasteiger partial charge >= 0.3 is 11.9 Å². The maximum Gasteiger partial charge on any atom is 0.414 e. The first-order chi connectivity index (χ1) is 11.9. The number of piperidine rings is 1. The number of aliphatic carboxylic acids is 2. The molecule has 1 aliphatic rings. The maximum atomic E-state index is 9.10. The number of fused-ring (bicyclic) bond motifs is 1. The monoisotopic (exact) mass is 360 g/mol. The number of nitriles is 1. The molecule has 7 heteroatoms. The van der Waals surface area contributed by atoms with E-state index in [1.54, 1.807) is 0 Å². The van der Waals surface area contributed by atoms with Gasteiger partial charge in [0.2, 0.25) is 0 Å². The molecule has 0 unspecified atom stereocenters. The minimum absolute atomic E-state index is 0.714. The van der Waals surface area contributed by atoms with E-state index >= 15 is 0 Å². The van der Waals surface area contributed by atoms with Crippen LogP contribution in [0.25, 0.3) is 10.1 Å². The zero-order valence-electron chi connectivity index (χ0n) is 13.9. The van der Waals surface area contributed by atoms with Gasteiger partial charge in [0, 0.05) is 9.58 Å². The molecule has 1 aliphatic heterocycles. The highest BCUT2D eigenvalue weighted by atomic mass is 32.1. The third kappa shape index (κ3) is 5.02. The molecule has 0 atom stereocenters. The summed E-state index contributed by atoms with van der Waals surface area (Å²) in [6.07, 6.45) is 2.54. The normalized spacial score (nSPS) is 15.2. The minimum atomic E-state index is -1.82. The van der Waals surface area contributed by atoms with Crippen LogP contribution >= 0.6 is 11.3 Å². The van der Waals surface area contributed by atoms with E-state index in [1.807, 2.05) is 23.5 Å². The van der Waals surface area contributed by atoms with Crippen molar-refractivity contribution in [1.82, 2.24) is 4.90 Å². The fourth-order valence-electron chi connectivity index (χ4n) is 2.86. The van der Waals surface area contributed by atoms with Crippen molar-refractivity contribution in [3.63, 3.8) is 0 Å². The second-order valence-corrected chi connectivity index (χ2v) is 6.95. The van der Waals surface area contributed by atoms with E-state index in [0.29, 0.717) is 5.92 Å². The Balaban J connectivity index is 0.000000326. The molecule has 1 fully saturated rings. The van der Waals surface area contributed by atoms with Crippen LogP contribution in [0.5, 0.6) is 0 Å². The second-order valence-electron chi connectivity index (χ2n) is 5.83. The van der Waals surface area contributed by atoms with Crippen LogP contribution in [0.3, 0.4) is 0 Å². The van der Waals surface area contributed by atoms with E-state index in [9.17, 15) is 0 Å². The fraction of sp³-hybridized carbons (Fsp3) is 0.389. The van der Waals surface area contributed by atoms with Crippen LogP contribution in [-0.4, -0.2) is 46.7 Å². The maximum absolute atomic E-state index is 9.10. The molecule has 1 aromatic heterocycles. The van der Waals surface area contributed by atoms with E-state index in [4.69, 9.17) is 25.1 Å². The Hall–Kier alpha value is -2.43. The molecular weight excluding hydrogens is 340 g/mol. The first-order valence-electron chi connectivity index (χ1n) is 8.06. The molecule has 0 aliphatic carbocycles. The predicted molar refractivity (Wildman–Crippen MR) is 95.9 cm³/mol. The lowest BCUT2D eigenvalue weighted by molar-refractivity contribution is -0.159. The third-order valence-corrected chi connectivity index (χ3v) is 5.55. The summed E-state index contributed by atoms with van der Waals surface area (Å²) in [5.41, 5.74) is 0.765. The molecule has 0 amide bonds. The Bertz CT molecular complexity index is 789. The van der Waals surface area contributed by atoms with Gasteiger partial charge in [-0.1, -0.05) is 13.0 Å². The Morgan fingerprint density at radius 3 is 2.40 bits per heavy atom. The Kier molecular flexibility index (Phi) is 6.51. The molecule has 2 aromatic rings. The van der Waals surface area contributed by atoms with Crippen molar-refractivity contribution in [2.45, 2.75) is 25.7 Å². The second kappa shape index (κ2) is 8.60. The molecule has 1 saturated heterocycles. The number of carboxylic acid groups (broad SMARTS) is 2. The van der Waals surface area contributed by atoms with Crippen molar-refractivity contribution >= 4 is 33.4 Å². The molecule has 0 spiro atoms. The highest BCUT2D eigenvalue weighted by molar-refractivity contribution is 7.19. The number of nitrogens with zero attached hydrogens (tertiary/aromatic N) is 2. The average molecular weight is 360 g/mol. The number of likely N-dealkylation sites (tertiary alicyclic amines) is 1. The van der Waals surface area contributed by atoms with Crippen molar-refractivity contribution in [2.24, 2.45) is 0 Å². The molecule has 3 rings (SSSR count). The van der Waals surface area contributed by atoms with Crippen LogP contribution in [0, 0.1) is 11.3 Å². The highest BCUT2D eigenvalue weighted by Gasteiger charge is 2.21. The van der Waals surface area contributed by atoms with Gasteiger partial charge in [-0.25, -0.2) is 9.59 Å². The zero-order valence-corrected chi connectivity index (χ0v) is 14.8. The van der Waals surface area contributed by atoms with Gasteiger partial charge in [-0.3, -0.25) is 0 Å². The van der Waals surface area contributed by atoms with Crippen LogP contribution in [0.15, 0.2) is 24.3 Å². The Morgan fingerprint density at radius 1 is 1.24 bits per heavy atom. The van der Waals surface area contributed by atoms with Gasteiger partial charge in [0.25, 0.3) is 0 Å². The molecule has 132 valence electrons. The van der Waals surface area contributed by atoms with Crippen LogP contribution in [0.4, 0.5) is 0 Å². The molecule has 25 heavy (non-hydrogen) atoms. The van der Waals surface area contributed by atoms with Crippen LogP contribution in [-0.2, 0) is 9.59 Å². The summed E-state index contributed by atoms with van der Waals surface area (Å²) in [5.74, 6) is -2.93.